The number of hydrogen-bond donors (Lipinski definition) is 1. The number of nitrogens with one attached hydrogen (secondary N) is 1. The SMILES string of the molecule is CC1(Oc2ccc(Br)nc2)CCNCC1. The van der Waals surface area contributed by atoms with E-state index in [0.717, 1.165) is 36.3 Å². The van der Waals surface area contributed by atoms with E-state index < -0.39 is 0 Å². The first-order valence-corrected chi connectivity index (χ1v) is 5.99. The van der Waals surface area contributed by atoms with Crippen LogP contribution in [0.25, 0.3) is 0 Å². The molecule has 1 aliphatic rings. The zero-order chi connectivity index (χ0) is 10.7. The normalized spacial score (nSPS) is 19.9. The van der Waals surface area contributed by atoms with E-state index in [9.17, 15) is 0 Å². The summed E-state index contributed by atoms with van der Waals surface area (Å²) in [5.41, 5.74) is -0.0409. The first kappa shape index (κ1) is 10.9. The molecular formula is C11H15BrN2O. The van der Waals surface area contributed by atoms with E-state index in [1.165, 1.54) is 0 Å². The molecule has 0 radical (unpaired) electrons. The minimum atomic E-state index is -0.0409. The van der Waals surface area contributed by atoms with Crippen molar-refractivity contribution in [3.8, 4) is 5.75 Å². The molecule has 1 N–H and O–H groups in total. The van der Waals surface area contributed by atoms with Crippen LogP contribution in [0.5, 0.6) is 5.75 Å². The van der Waals surface area contributed by atoms with Crippen LogP contribution in [0, 0.1) is 0 Å². The smallest absolute Gasteiger partial charge is 0.138 e. The van der Waals surface area contributed by atoms with Gasteiger partial charge in [-0.15, -0.1) is 0 Å². The van der Waals surface area contributed by atoms with Gasteiger partial charge in [-0.05, 0) is 60.9 Å². The second-order valence-electron chi connectivity index (χ2n) is 4.12. The van der Waals surface area contributed by atoms with Crippen molar-refractivity contribution in [2.75, 3.05) is 13.1 Å². The summed E-state index contributed by atoms with van der Waals surface area (Å²) in [5, 5.41) is 3.33. The quantitative estimate of drug-likeness (QED) is 0.838. The highest BCUT2D eigenvalue weighted by Gasteiger charge is 2.28. The lowest BCUT2D eigenvalue weighted by molar-refractivity contribution is 0.0552. The number of aromatic nitrogens is 1. The summed E-state index contributed by atoms with van der Waals surface area (Å²) in [6.45, 7) is 4.22. The standard InChI is InChI=1S/C11H15BrN2O/c1-11(4-6-13-7-5-11)15-9-2-3-10(12)14-8-9/h2-3,8,13H,4-7H2,1H3. The van der Waals surface area contributed by atoms with E-state index in [4.69, 9.17) is 4.74 Å². The minimum absolute atomic E-state index is 0.0409. The maximum atomic E-state index is 5.97. The average Bonchev–Trinajstić information content (AvgIpc) is 2.22. The van der Waals surface area contributed by atoms with Crippen LogP contribution in [0.15, 0.2) is 22.9 Å². The zero-order valence-corrected chi connectivity index (χ0v) is 10.4. The van der Waals surface area contributed by atoms with Crippen molar-refractivity contribution in [1.82, 2.24) is 10.3 Å². The van der Waals surface area contributed by atoms with Crippen LogP contribution in [-0.4, -0.2) is 23.7 Å². The predicted molar refractivity (Wildman–Crippen MR) is 63.1 cm³/mol. The first-order chi connectivity index (χ1) is 7.18. The lowest BCUT2D eigenvalue weighted by Gasteiger charge is -2.34. The molecule has 0 atom stereocenters. The first-order valence-electron chi connectivity index (χ1n) is 5.19. The lowest BCUT2D eigenvalue weighted by atomic mass is 9.94. The molecule has 2 heterocycles. The molecule has 0 spiro atoms. The molecule has 4 heteroatoms. The molecule has 0 amide bonds. The molecule has 1 saturated heterocycles. The second kappa shape index (κ2) is 4.49. The fourth-order valence-corrected chi connectivity index (χ4v) is 2.00. The number of ether oxygens (including phenoxy) is 1. The number of nitrogens with zero attached hydrogens (tertiary/aromatic N) is 1. The Morgan fingerprint density at radius 1 is 1.40 bits per heavy atom. The highest BCUT2D eigenvalue weighted by atomic mass is 79.9. The van der Waals surface area contributed by atoms with E-state index in [-0.39, 0.29) is 5.60 Å². The molecular weight excluding hydrogens is 256 g/mol. The Kier molecular flexibility index (Phi) is 3.26. The fourth-order valence-electron chi connectivity index (χ4n) is 1.76. The number of hydrogen-bond acceptors (Lipinski definition) is 3. The summed E-state index contributed by atoms with van der Waals surface area (Å²) in [6, 6.07) is 3.85. The van der Waals surface area contributed by atoms with E-state index in [0.29, 0.717) is 0 Å². The van der Waals surface area contributed by atoms with Crippen molar-refractivity contribution in [1.29, 1.82) is 0 Å². The number of pyridine rings is 1. The molecule has 1 aliphatic heterocycles. The van der Waals surface area contributed by atoms with Crippen molar-refractivity contribution >= 4 is 15.9 Å². The Labute approximate surface area is 98.4 Å². The van der Waals surface area contributed by atoms with Gasteiger partial charge in [-0.3, -0.25) is 0 Å². The van der Waals surface area contributed by atoms with Gasteiger partial charge in [0.15, 0.2) is 0 Å². The van der Waals surface area contributed by atoms with E-state index in [1.54, 1.807) is 6.20 Å². The topological polar surface area (TPSA) is 34.1 Å². The highest BCUT2D eigenvalue weighted by Crippen LogP contribution is 2.25. The molecule has 1 fully saturated rings. The summed E-state index contributed by atoms with van der Waals surface area (Å²) < 4.78 is 6.81. The van der Waals surface area contributed by atoms with Crippen molar-refractivity contribution in [3.05, 3.63) is 22.9 Å². The maximum absolute atomic E-state index is 5.97. The molecule has 3 nitrogen and oxygen atoms in total. The van der Waals surface area contributed by atoms with E-state index in [2.05, 4.69) is 33.2 Å². The van der Waals surface area contributed by atoms with Crippen LogP contribution in [0.1, 0.15) is 19.8 Å². The third-order valence-electron chi connectivity index (χ3n) is 2.73. The van der Waals surface area contributed by atoms with Gasteiger partial charge in [-0.25, -0.2) is 4.98 Å². The van der Waals surface area contributed by atoms with Crippen molar-refractivity contribution < 1.29 is 4.74 Å². The predicted octanol–water partition coefficient (Wildman–Crippen LogP) is 2.37. The van der Waals surface area contributed by atoms with Gasteiger partial charge in [0.1, 0.15) is 16.0 Å². The third-order valence-corrected chi connectivity index (χ3v) is 3.19. The summed E-state index contributed by atoms with van der Waals surface area (Å²) in [6.07, 6.45) is 3.85. The van der Waals surface area contributed by atoms with Gasteiger partial charge >= 0.3 is 0 Å². The van der Waals surface area contributed by atoms with E-state index in [1.807, 2.05) is 12.1 Å². The second-order valence-corrected chi connectivity index (χ2v) is 4.93. The van der Waals surface area contributed by atoms with Gasteiger partial charge in [0.2, 0.25) is 0 Å². The Bertz CT molecular complexity index is 320. The van der Waals surface area contributed by atoms with Crippen LogP contribution in [-0.2, 0) is 0 Å². The largest absolute Gasteiger partial charge is 0.486 e. The third kappa shape index (κ3) is 2.92. The Balaban J connectivity index is 2.03. The summed E-state index contributed by atoms with van der Waals surface area (Å²) in [4.78, 5) is 4.15. The molecule has 0 saturated carbocycles. The monoisotopic (exact) mass is 270 g/mol. The van der Waals surface area contributed by atoms with Crippen LogP contribution < -0.4 is 10.1 Å². The molecule has 15 heavy (non-hydrogen) atoms. The Hall–Kier alpha value is -0.610. The molecule has 0 aromatic carbocycles. The summed E-state index contributed by atoms with van der Waals surface area (Å²) >= 11 is 3.31. The molecule has 82 valence electrons. The van der Waals surface area contributed by atoms with E-state index >= 15 is 0 Å². The molecule has 2 rings (SSSR count). The fraction of sp³-hybridized carbons (Fsp3) is 0.545. The van der Waals surface area contributed by atoms with Crippen LogP contribution in [0.4, 0.5) is 0 Å². The van der Waals surface area contributed by atoms with Gasteiger partial charge in [0.25, 0.3) is 0 Å². The van der Waals surface area contributed by atoms with Gasteiger partial charge in [0, 0.05) is 0 Å². The molecule has 1 aromatic heterocycles. The lowest BCUT2D eigenvalue weighted by Crippen LogP contribution is -2.43. The average molecular weight is 271 g/mol. The number of piperidine rings is 1. The minimum Gasteiger partial charge on any atom is -0.486 e. The molecule has 1 aromatic rings. The van der Waals surface area contributed by atoms with Crippen molar-refractivity contribution in [3.63, 3.8) is 0 Å². The Morgan fingerprint density at radius 2 is 2.13 bits per heavy atom. The van der Waals surface area contributed by atoms with Crippen LogP contribution in [0.3, 0.4) is 0 Å². The van der Waals surface area contributed by atoms with Gasteiger partial charge < -0.3 is 10.1 Å². The van der Waals surface area contributed by atoms with Crippen LogP contribution in [0.2, 0.25) is 0 Å². The van der Waals surface area contributed by atoms with Crippen molar-refractivity contribution in [2.24, 2.45) is 0 Å². The number of halogens is 1. The summed E-state index contributed by atoms with van der Waals surface area (Å²) in [7, 11) is 0. The zero-order valence-electron chi connectivity index (χ0n) is 8.79. The van der Waals surface area contributed by atoms with Crippen molar-refractivity contribution in [2.45, 2.75) is 25.4 Å². The highest BCUT2D eigenvalue weighted by molar-refractivity contribution is 9.10. The molecule has 0 bridgehead atoms. The molecule has 0 unspecified atom stereocenters. The summed E-state index contributed by atoms with van der Waals surface area (Å²) in [5.74, 6) is 0.850. The number of rotatable bonds is 2. The van der Waals surface area contributed by atoms with Gasteiger partial charge in [-0.1, -0.05) is 0 Å². The Morgan fingerprint density at radius 3 is 2.73 bits per heavy atom. The van der Waals surface area contributed by atoms with Gasteiger partial charge in [0.05, 0.1) is 6.20 Å². The van der Waals surface area contributed by atoms with Crippen LogP contribution >= 0.6 is 15.9 Å². The van der Waals surface area contributed by atoms with Gasteiger partial charge in [-0.2, -0.15) is 0 Å². The maximum Gasteiger partial charge on any atom is 0.138 e. The molecule has 0 aliphatic carbocycles.